The van der Waals surface area contributed by atoms with E-state index in [4.69, 9.17) is 0 Å². The minimum absolute atomic E-state index is 0.0859. The number of rotatable bonds is 4. The van der Waals surface area contributed by atoms with Gasteiger partial charge < -0.3 is 4.90 Å². The van der Waals surface area contributed by atoms with Crippen molar-refractivity contribution in [1.82, 2.24) is 9.62 Å². The molecule has 1 aliphatic heterocycles. The lowest BCUT2D eigenvalue weighted by Gasteiger charge is -2.41. The van der Waals surface area contributed by atoms with Crippen LogP contribution in [0, 0.1) is 11.8 Å². The lowest BCUT2D eigenvalue weighted by Crippen LogP contribution is -2.46. The number of nitrogens with zero attached hydrogens (tertiary/aromatic N) is 1. The van der Waals surface area contributed by atoms with Gasteiger partial charge in [-0.25, -0.2) is 13.1 Å². The molecule has 0 spiro atoms. The maximum absolute atomic E-state index is 12.0. The van der Waals surface area contributed by atoms with Crippen molar-refractivity contribution in [3.63, 3.8) is 0 Å². The van der Waals surface area contributed by atoms with Gasteiger partial charge in [0.15, 0.2) is 0 Å². The number of hydrogen-bond donors (Lipinski definition) is 1. The molecule has 1 amide bonds. The van der Waals surface area contributed by atoms with Crippen molar-refractivity contribution in [1.29, 1.82) is 0 Å². The molecule has 2 bridgehead atoms. The second-order valence-corrected chi connectivity index (χ2v) is 7.45. The molecule has 1 saturated heterocycles. The highest BCUT2D eigenvalue weighted by molar-refractivity contribution is 7.88. The van der Waals surface area contributed by atoms with Gasteiger partial charge in [0.05, 0.1) is 6.26 Å². The summed E-state index contributed by atoms with van der Waals surface area (Å²) in [7, 11) is -3.19. The summed E-state index contributed by atoms with van der Waals surface area (Å²) in [6.07, 6.45) is 6.43. The molecule has 6 heteroatoms. The standard InChI is InChI=1S/C12H22N2O3S/c1-18(16,17)13-6-5-12(15)14-8-10-3-2-4-11(7-10)9-14/h10-11,13H,2-9H2,1H3/t10-,11-/m0/s1. The summed E-state index contributed by atoms with van der Waals surface area (Å²) in [6.45, 7) is 1.95. The second kappa shape index (κ2) is 5.57. The van der Waals surface area contributed by atoms with E-state index in [1.807, 2.05) is 4.90 Å². The summed E-state index contributed by atoms with van der Waals surface area (Å²) >= 11 is 0. The van der Waals surface area contributed by atoms with Crippen LogP contribution in [0.1, 0.15) is 32.1 Å². The van der Waals surface area contributed by atoms with Gasteiger partial charge in [-0.05, 0) is 31.1 Å². The second-order valence-electron chi connectivity index (χ2n) is 5.61. The topological polar surface area (TPSA) is 66.5 Å². The minimum Gasteiger partial charge on any atom is -0.342 e. The molecule has 0 aromatic rings. The molecule has 1 saturated carbocycles. The van der Waals surface area contributed by atoms with Gasteiger partial charge in [0.1, 0.15) is 0 Å². The van der Waals surface area contributed by atoms with E-state index in [9.17, 15) is 13.2 Å². The number of carbonyl (C=O) groups is 1. The molecular formula is C12H22N2O3S. The number of amides is 1. The van der Waals surface area contributed by atoms with Crippen LogP contribution in [0.15, 0.2) is 0 Å². The first-order valence-corrected chi connectivity index (χ1v) is 8.55. The van der Waals surface area contributed by atoms with Gasteiger partial charge in [-0.15, -0.1) is 0 Å². The van der Waals surface area contributed by atoms with Crippen LogP contribution in [-0.2, 0) is 14.8 Å². The van der Waals surface area contributed by atoms with E-state index >= 15 is 0 Å². The zero-order valence-electron chi connectivity index (χ0n) is 10.9. The molecule has 2 aliphatic rings. The summed E-state index contributed by atoms with van der Waals surface area (Å²) in [4.78, 5) is 13.9. The van der Waals surface area contributed by atoms with E-state index in [0.29, 0.717) is 11.8 Å². The molecule has 1 heterocycles. The zero-order valence-corrected chi connectivity index (χ0v) is 11.7. The quantitative estimate of drug-likeness (QED) is 0.815. The third-order valence-corrected chi connectivity index (χ3v) is 4.63. The predicted molar refractivity (Wildman–Crippen MR) is 69.5 cm³/mol. The van der Waals surface area contributed by atoms with Gasteiger partial charge in [0, 0.05) is 26.1 Å². The van der Waals surface area contributed by atoms with Crippen LogP contribution < -0.4 is 4.72 Å². The molecule has 1 aliphatic carbocycles. The number of hydrogen-bond acceptors (Lipinski definition) is 3. The fraction of sp³-hybridized carbons (Fsp3) is 0.917. The number of nitrogens with one attached hydrogen (secondary N) is 1. The Kier molecular flexibility index (Phi) is 4.27. The number of fused-ring (bicyclic) bond motifs is 2. The fourth-order valence-electron chi connectivity index (χ4n) is 3.14. The van der Waals surface area contributed by atoms with Crippen molar-refractivity contribution in [2.75, 3.05) is 25.9 Å². The first kappa shape index (κ1) is 13.8. The van der Waals surface area contributed by atoms with Crippen molar-refractivity contribution in [2.45, 2.75) is 32.1 Å². The van der Waals surface area contributed by atoms with Crippen molar-refractivity contribution in [2.24, 2.45) is 11.8 Å². The normalized spacial score (nSPS) is 28.2. The van der Waals surface area contributed by atoms with Crippen LogP contribution >= 0.6 is 0 Å². The highest BCUT2D eigenvalue weighted by Crippen LogP contribution is 2.34. The summed E-state index contributed by atoms with van der Waals surface area (Å²) in [6, 6.07) is 0. The highest BCUT2D eigenvalue weighted by atomic mass is 32.2. The van der Waals surface area contributed by atoms with E-state index < -0.39 is 10.0 Å². The maximum Gasteiger partial charge on any atom is 0.223 e. The molecule has 18 heavy (non-hydrogen) atoms. The molecule has 2 rings (SSSR count). The molecule has 0 aromatic carbocycles. The Balaban J connectivity index is 1.79. The monoisotopic (exact) mass is 274 g/mol. The van der Waals surface area contributed by atoms with Crippen LogP contribution in [0.3, 0.4) is 0 Å². The van der Waals surface area contributed by atoms with Gasteiger partial charge in [-0.1, -0.05) is 6.42 Å². The van der Waals surface area contributed by atoms with Crippen molar-refractivity contribution >= 4 is 15.9 Å². The number of carbonyl (C=O) groups excluding carboxylic acids is 1. The van der Waals surface area contributed by atoms with E-state index in [0.717, 1.165) is 19.3 Å². The molecule has 0 unspecified atom stereocenters. The van der Waals surface area contributed by atoms with Crippen LogP contribution in [0.5, 0.6) is 0 Å². The van der Waals surface area contributed by atoms with E-state index in [-0.39, 0.29) is 18.9 Å². The van der Waals surface area contributed by atoms with E-state index in [1.54, 1.807) is 0 Å². The molecule has 0 radical (unpaired) electrons. The smallest absolute Gasteiger partial charge is 0.223 e. The third-order valence-electron chi connectivity index (χ3n) is 3.90. The first-order chi connectivity index (χ1) is 8.44. The van der Waals surface area contributed by atoms with Crippen LogP contribution in [0.4, 0.5) is 0 Å². The molecule has 0 aromatic heterocycles. The summed E-state index contributed by atoms with van der Waals surface area (Å²) in [5, 5.41) is 0. The third kappa shape index (κ3) is 3.95. The molecule has 2 atom stereocenters. The Morgan fingerprint density at radius 2 is 1.89 bits per heavy atom. The summed E-state index contributed by atoms with van der Waals surface area (Å²) < 4.78 is 24.2. The minimum atomic E-state index is -3.19. The summed E-state index contributed by atoms with van der Waals surface area (Å²) in [5.74, 6) is 1.43. The number of likely N-dealkylation sites (tertiary alicyclic amines) is 1. The predicted octanol–water partition coefficient (Wildman–Crippen LogP) is 0.574. The SMILES string of the molecule is CS(=O)(=O)NCCC(=O)N1C[C@H]2CCC[C@@H](C2)C1. The maximum atomic E-state index is 12.0. The zero-order chi connectivity index (χ0) is 13.2. The van der Waals surface area contributed by atoms with Crippen LogP contribution in [-0.4, -0.2) is 45.1 Å². The Hall–Kier alpha value is -0.620. The Labute approximate surface area is 109 Å². The Morgan fingerprint density at radius 1 is 1.28 bits per heavy atom. The van der Waals surface area contributed by atoms with Crippen LogP contribution in [0.25, 0.3) is 0 Å². The van der Waals surface area contributed by atoms with Crippen molar-refractivity contribution in [3.05, 3.63) is 0 Å². The average molecular weight is 274 g/mol. The first-order valence-electron chi connectivity index (χ1n) is 6.66. The largest absolute Gasteiger partial charge is 0.342 e. The highest BCUT2D eigenvalue weighted by Gasteiger charge is 2.32. The average Bonchev–Trinajstić information content (AvgIpc) is 2.26. The lowest BCUT2D eigenvalue weighted by atomic mass is 9.78. The van der Waals surface area contributed by atoms with Gasteiger partial charge in [-0.2, -0.15) is 0 Å². The van der Waals surface area contributed by atoms with Crippen molar-refractivity contribution in [3.8, 4) is 0 Å². The van der Waals surface area contributed by atoms with Crippen LogP contribution in [0.2, 0.25) is 0 Å². The van der Waals surface area contributed by atoms with E-state index in [1.165, 1.54) is 25.7 Å². The van der Waals surface area contributed by atoms with Gasteiger partial charge in [0.25, 0.3) is 0 Å². The molecule has 5 nitrogen and oxygen atoms in total. The van der Waals surface area contributed by atoms with Gasteiger partial charge in [0.2, 0.25) is 15.9 Å². The lowest BCUT2D eigenvalue weighted by molar-refractivity contribution is -0.134. The number of sulfonamides is 1. The molecule has 104 valence electrons. The van der Waals surface area contributed by atoms with Gasteiger partial charge in [-0.3, -0.25) is 4.79 Å². The Bertz CT molecular complexity index is 396. The molecular weight excluding hydrogens is 252 g/mol. The fourth-order valence-corrected chi connectivity index (χ4v) is 3.61. The van der Waals surface area contributed by atoms with E-state index in [2.05, 4.69) is 4.72 Å². The number of piperidine rings is 1. The van der Waals surface area contributed by atoms with Gasteiger partial charge >= 0.3 is 0 Å². The van der Waals surface area contributed by atoms with Crippen molar-refractivity contribution < 1.29 is 13.2 Å². The molecule has 1 N–H and O–H groups in total. The molecule has 2 fully saturated rings. The Morgan fingerprint density at radius 3 is 2.44 bits per heavy atom. The summed E-state index contributed by atoms with van der Waals surface area (Å²) in [5.41, 5.74) is 0.